The zero-order valence-corrected chi connectivity index (χ0v) is 8.94. The molecule has 0 amide bonds. The second-order valence-electron chi connectivity index (χ2n) is 3.77. The molecule has 0 fully saturated rings. The third kappa shape index (κ3) is 2.48. The summed E-state index contributed by atoms with van der Waals surface area (Å²) in [6.07, 6.45) is 5.63. The summed E-state index contributed by atoms with van der Waals surface area (Å²) < 4.78 is 3.48. The average molecular weight is 197 g/mol. The van der Waals surface area contributed by atoms with Crippen LogP contribution in [0.1, 0.15) is 32.7 Å². The van der Waals surface area contributed by atoms with Crippen LogP contribution in [0.5, 0.6) is 0 Å². The normalized spacial score (nSPS) is 11.1. The number of aromatic nitrogens is 2. The molecule has 4 heteroatoms. The van der Waals surface area contributed by atoms with Gasteiger partial charge in [-0.3, -0.25) is 9.13 Å². The lowest BCUT2D eigenvalue weighted by atomic mass is 10.3. The monoisotopic (exact) mass is 197 g/mol. The van der Waals surface area contributed by atoms with Crippen LogP contribution in [0.4, 0.5) is 0 Å². The topological polar surface area (TPSA) is 52.9 Å². The molecule has 0 bridgehead atoms. The molecule has 2 N–H and O–H groups in total. The van der Waals surface area contributed by atoms with Crippen molar-refractivity contribution in [1.29, 1.82) is 0 Å². The van der Waals surface area contributed by atoms with Crippen LogP contribution >= 0.6 is 0 Å². The maximum Gasteiger partial charge on any atom is 0.328 e. The fourth-order valence-electron chi connectivity index (χ4n) is 1.42. The highest BCUT2D eigenvalue weighted by Crippen LogP contribution is 2.00. The summed E-state index contributed by atoms with van der Waals surface area (Å²) in [5, 5.41) is 0. The van der Waals surface area contributed by atoms with E-state index in [0.29, 0.717) is 6.54 Å². The minimum absolute atomic E-state index is 0.0806. The molecule has 0 saturated carbocycles. The molecule has 80 valence electrons. The molecular formula is C10H19N3O. The van der Waals surface area contributed by atoms with E-state index in [1.165, 1.54) is 0 Å². The van der Waals surface area contributed by atoms with Gasteiger partial charge in [-0.15, -0.1) is 0 Å². The maximum absolute atomic E-state index is 11.7. The second-order valence-corrected chi connectivity index (χ2v) is 3.77. The minimum Gasteiger partial charge on any atom is -0.330 e. The summed E-state index contributed by atoms with van der Waals surface area (Å²) in [5.41, 5.74) is 5.47. The Morgan fingerprint density at radius 3 is 2.57 bits per heavy atom. The van der Waals surface area contributed by atoms with Crippen LogP contribution < -0.4 is 11.4 Å². The molecule has 0 aliphatic carbocycles. The van der Waals surface area contributed by atoms with Crippen molar-refractivity contribution in [3.63, 3.8) is 0 Å². The molecule has 0 spiro atoms. The summed E-state index contributed by atoms with van der Waals surface area (Å²) in [7, 11) is 0. The van der Waals surface area contributed by atoms with Gasteiger partial charge in [0.2, 0.25) is 0 Å². The van der Waals surface area contributed by atoms with Crippen molar-refractivity contribution in [3.05, 3.63) is 22.9 Å². The highest BCUT2D eigenvalue weighted by atomic mass is 16.1. The number of imidazole rings is 1. The van der Waals surface area contributed by atoms with Crippen molar-refractivity contribution in [2.45, 2.75) is 39.3 Å². The zero-order valence-electron chi connectivity index (χ0n) is 8.94. The summed E-state index contributed by atoms with van der Waals surface area (Å²) in [6, 6.07) is 0.234. The van der Waals surface area contributed by atoms with Gasteiger partial charge in [0, 0.05) is 25.0 Å². The number of rotatable bonds is 5. The quantitative estimate of drug-likeness (QED) is 0.715. The average Bonchev–Trinajstić information content (AvgIpc) is 2.48. The van der Waals surface area contributed by atoms with Crippen LogP contribution in [0.2, 0.25) is 0 Å². The Balaban J connectivity index is 2.65. The second kappa shape index (κ2) is 5.00. The smallest absolute Gasteiger partial charge is 0.328 e. The van der Waals surface area contributed by atoms with E-state index in [-0.39, 0.29) is 11.7 Å². The van der Waals surface area contributed by atoms with Gasteiger partial charge in [0.05, 0.1) is 0 Å². The van der Waals surface area contributed by atoms with Gasteiger partial charge in [-0.05, 0) is 33.2 Å². The molecule has 1 aromatic heterocycles. The van der Waals surface area contributed by atoms with Crippen LogP contribution in [-0.2, 0) is 6.54 Å². The number of nitrogens with two attached hydrogens (primary N) is 1. The van der Waals surface area contributed by atoms with Crippen LogP contribution in [0.15, 0.2) is 17.2 Å². The van der Waals surface area contributed by atoms with Crippen LogP contribution in [0, 0.1) is 0 Å². The molecule has 0 radical (unpaired) electrons. The van der Waals surface area contributed by atoms with Crippen molar-refractivity contribution >= 4 is 0 Å². The number of hydrogen-bond donors (Lipinski definition) is 1. The molecule has 1 rings (SSSR count). The lowest BCUT2D eigenvalue weighted by molar-refractivity contribution is 0.536. The fourth-order valence-corrected chi connectivity index (χ4v) is 1.42. The summed E-state index contributed by atoms with van der Waals surface area (Å²) in [6.45, 7) is 5.48. The highest BCUT2D eigenvalue weighted by molar-refractivity contribution is 4.83. The number of aryl methyl sites for hydroxylation is 1. The molecule has 1 heterocycles. The summed E-state index contributed by atoms with van der Waals surface area (Å²) in [5.74, 6) is 0. The zero-order chi connectivity index (χ0) is 10.6. The first kappa shape index (κ1) is 11.0. The molecule has 14 heavy (non-hydrogen) atoms. The lowest BCUT2D eigenvalue weighted by Crippen LogP contribution is -2.25. The Morgan fingerprint density at radius 2 is 2.07 bits per heavy atom. The fraction of sp³-hybridized carbons (Fsp3) is 0.700. The van der Waals surface area contributed by atoms with Gasteiger partial charge in [-0.2, -0.15) is 0 Å². The van der Waals surface area contributed by atoms with Gasteiger partial charge >= 0.3 is 5.69 Å². The van der Waals surface area contributed by atoms with Crippen LogP contribution in [0.3, 0.4) is 0 Å². The van der Waals surface area contributed by atoms with Gasteiger partial charge in [0.25, 0.3) is 0 Å². The predicted octanol–water partition coefficient (Wildman–Crippen LogP) is 0.970. The van der Waals surface area contributed by atoms with Crippen molar-refractivity contribution < 1.29 is 0 Å². The van der Waals surface area contributed by atoms with Crippen molar-refractivity contribution in [3.8, 4) is 0 Å². The van der Waals surface area contributed by atoms with Crippen molar-refractivity contribution in [1.82, 2.24) is 9.13 Å². The molecule has 0 saturated heterocycles. The Morgan fingerprint density at radius 1 is 1.36 bits per heavy atom. The van der Waals surface area contributed by atoms with E-state index in [9.17, 15) is 4.79 Å². The first-order chi connectivity index (χ1) is 6.66. The number of nitrogens with zero attached hydrogens (tertiary/aromatic N) is 2. The summed E-state index contributed by atoms with van der Waals surface area (Å²) in [4.78, 5) is 11.7. The van der Waals surface area contributed by atoms with Crippen LogP contribution in [0.25, 0.3) is 0 Å². The molecule has 0 aliphatic rings. The van der Waals surface area contributed by atoms with Crippen LogP contribution in [-0.4, -0.2) is 15.7 Å². The standard InChI is InChI=1S/C10H19N3O/c1-9(2)13-8-7-12(10(13)14)6-4-3-5-11/h7-9H,3-6,11H2,1-2H3. The number of unbranched alkanes of at least 4 members (excludes halogenated alkanes) is 1. The van der Waals surface area contributed by atoms with E-state index in [0.717, 1.165) is 19.4 Å². The van der Waals surface area contributed by atoms with Crippen molar-refractivity contribution in [2.24, 2.45) is 5.73 Å². The largest absolute Gasteiger partial charge is 0.330 e. The lowest BCUT2D eigenvalue weighted by Gasteiger charge is -2.04. The third-order valence-corrected chi connectivity index (χ3v) is 2.28. The van der Waals surface area contributed by atoms with E-state index in [1.54, 1.807) is 9.13 Å². The van der Waals surface area contributed by atoms with Gasteiger partial charge in [-0.25, -0.2) is 4.79 Å². The van der Waals surface area contributed by atoms with E-state index in [4.69, 9.17) is 5.73 Å². The van der Waals surface area contributed by atoms with E-state index in [1.807, 2.05) is 26.2 Å². The highest BCUT2D eigenvalue weighted by Gasteiger charge is 2.04. The van der Waals surface area contributed by atoms with Gasteiger partial charge in [-0.1, -0.05) is 0 Å². The van der Waals surface area contributed by atoms with Gasteiger partial charge < -0.3 is 5.73 Å². The van der Waals surface area contributed by atoms with E-state index < -0.39 is 0 Å². The molecule has 0 aliphatic heterocycles. The predicted molar refractivity (Wildman–Crippen MR) is 57.4 cm³/mol. The van der Waals surface area contributed by atoms with E-state index >= 15 is 0 Å². The molecule has 4 nitrogen and oxygen atoms in total. The minimum atomic E-state index is 0.0806. The molecule has 1 aromatic rings. The summed E-state index contributed by atoms with van der Waals surface area (Å²) >= 11 is 0. The first-order valence-corrected chi connectivity index (χ1v) is 5.14. The van der Waals surface area contributed by atoms with E-state index in [2.05, 4.69) is 0 Å². The Hall–Kier alpha value is -1.03. The van der Waals surface area contributed by atoms with Gasteiger partial charge in [0.1, 0.15) is 0 Å². The molecular weight excluding hydrogens is 178 g/mol. The van der Waals surface area contributed by atoms with Gasteiger partial charge in [0.15, 0.2) is 0 Å². The molecule has 0 aromatic carbocycles. The Bertz CT molecular complexity index is 324. The molecule has 0 atom stereocenters. The SMILES string of the molecule is CC(C)n1ccn(CCCCN)c1=O. The first-order valence-electron chi connectivity index (χ1n) is 5.14. The Kier molecular flexibility index (Phi) is 3.95. The van der Waals surface area contributed by atoms with Crippen molar-refractivity contribution in [2.75, 3.05) is 6.54 Å². The maximum atomic E-state index is 11.7. The molecule has 0 unspecified atom stereocenters. The number of hydrogen-bond acceptors (Lipinski definition) is 2. The third-order valence-electron chi connectivity index (χ3n) is 2.28. The Labute approximate surface area is 84.3 Å².